The van der Waals surface area contributed by atoms with Crippen molar-refractivity contribution in [1.82, 2.24) is 10.3 Å². The minimum atomic E-state index is -2.21. The van der Waals surface area contributed by atoms with Gasteiger partial charge in [-0.3, -0.25) is 4.98 Å². The van der Waals surface area contributed by atoms with E-state index in [0.717, 1.165) is 0 Å². The van der Waals surface area contributed by atoms with Crippen LogP contribution in [0.3, 0.4) is 0 Å². The topological polar surface area (TPSA) is 559 Å². The van der Waals surface area contributed by atoms with Gasteiger partial charge in [0.2, 0.25) is 0 Å². The first-order valence-corrected chi connectivity index (χ1v) is 27.1. The first kappa shape index (κ1) is 66.2. The summed E-state index contributed by atoms with van der Waals surface area (Å²) < 4.78 is 81.3. The van der Waals surface area contributed by atoms with Crippen LogP contribution in [0, 0.1) is 0 Å². The summed E-state index contributed by atoms with van der Waals surface area (Å²) in [5.74, 6) is 0. The summed E-state index contributed by atoms with van der Waals surface area (Å²) in [7, 11) is 0. The zero-order valence-electron chi connectivity index (χ0n) is 44.3. The van der Waals surface area contributed by atoms with E-state index in [4.69, 9.17) is 66.3 Å². The summed E-state index contributed by atoms with van der Waals surface area (Å²) in [5.41, 5.74) is 0.517. The van der Waals surface area contributed by atoms with Crippen molar-refractivity contribution < 1.29 is 168 Å². The standard InChI is InChI=1S/C48H76N2O34/c51-7-15-36-23(59)30(66)44(73-15)81-38-17(9-53)75-46(32(68)25(38)61)83-40-19(11-55)77-48(34(70)27(40)63)84-41-20(12-56)76-47(33(69)26(41)62)82-39-18(10-54)74-45(31(67)24(39)60)80-37-16(8-52)72-43(29(65)22(37)58)78-35-14(71-42(79-36)28(64)21(35)57)6-49-5-13-3-1-2-4-50-13/h1-4,14-49,51-70H,5-12H2/t14-,15-,16-,17-,18-,19-,20-,21-,22-,23-,24-,25-,26-,27-,28-,29-,30-,31-,32-,33-,34-,35-,36-,37-,38-,39-,40-,41-,42-,43-,44-,45-,46-,47-,48-/m1/s1. The van der Waals surface area contributed by atoms with Crippen LogP contribution >= 0.6 is 0 Å². The second kappa shape index (κ2) is 28.7. The zero-order chi connectivity index (χ0) is 60.6. The molecule has 21 aliphatic rings. The molecule has 0 aliphatic carbocycles. The van der Waals surface area contributed by atoms with Crippen LogP contribution in [0.1, 0.15) is 5.69 Å². The molecule has 21 N–H and O–H groups in total. The van der Waals surface area contributed by atoms with Gasteiger partial charge in [0.25, 0.3) is 0 Å². The molecule has 14 bridgehead atoms. The van der Waals surface area contributed by atoms with Gasteiger partial charge in [-0.05, 0) is 12.1 Å². The number of aromatic nitrogens is 1. The van der Waals surface area contributed by atoms with Gasteiger partial charge >= 0.3 is 0 Å². The lowest BCUT2D eigenvalue weighted by Gasteiger charge is -2.50. The van der Waals surface area contributed by atoms with E-state index >= 15 is 0 Å². The van der Waals surface area contributed by atoms with E-state index in [1.165, 1.54) is 6.20 Å². The van der Waals surface area contributed by atoms with Crippen LogP contribution in [-0.4, -0.2) is 368 Å². The molecule has 0 aromatic carbocycles. The second-order valence-electron chi connectivity index (χ2n) is 21.4. The van der Waals surface area contributed by atoms with Crippen molar-refractivity contribution in [3.63, 3.8) is 0 Å². The van der Waals surface area contributed by atoms with Crippen LogP contribution in [-0.2, 0) is 72.9 Å². The highest BCUT2D eigenvalue weighted by Crippen LogP contribution is 2.39. The molecule has 22 rings (SSSR count). The molecular formula is C48H76N2O34. The van der Waals surface area contributed by atoms with Crippen molar-refractivity contribution >= 4 is 0 Å². The first-order valence-electron chi connectivity index (χ1n) is 27.1. The average Bonchev–Trinajstić information content (AvgIpc) is 2.18. The Morgan fingerprint density at radius 2 is 0.500 bits per heavy atom. The molecule has 36 nitrogen and oxygen atoms in total. The number of rotatable bonds is 10. The molecule has 22 heterocycles. The van der Waals surface area contributed by atoms with Crippen LogP contribution in [0.2, 0.25) is 0 Å². The van der Waals surface area contributed by atoms with E-state index in [1.54, 1.807) is 18.2 Å². The first-order chi connectivity index (χ1) is 40.2. The Balaban J connectivity index is 1.01. The number of nitrogens with zero attached hydrogens (tertiary/aromatic N) is 1. The molecule has 84 heavy (non-hydrogen) atoms. The van der Waals surface area contributed by atoms with E-state index in [9.17, 15) is 102 Å². The maximum atomic E-state index is 11.8. The number of aliphatic hydroxyl groups excluding tert-OH is 20. The Labute approximate surface area is 475 Å². The quantitative estimate of drug-likeness (QED) is 0.103. The third kappa shape index (κ3) is 13.5. The number of hydrogen-bond acceptors (Lipinski definition) is 36. The summed E-state index contributed by atoms with van der Waals surface area (Å²) in [5, 5.41) is 226. The molecule has 21 aliphatic heterocycles. The number of pyridine rings is 1. The number of nitrogens with one attached hydrogen (secondary N) is 1. The number of aliphatic hydroxyl groups is 20. The van der Waals surface area contributed by atoms with Crippen molar-refractivity contribution in [2.75, 3.05) is 46.2 Å². The Bertz CT molecular complexity index is 2160. The molecule has 1 aromatic heterocycles. The third-order valence-corrected chi connectivity index (χ3v) is 16.0. The molecule has 1 aromatic rings. The molecule has 0 unspecified atom stereocenters. The van der Waals surface area contributed by atoms with Gasteiger partial charge in [-0.2, -0.15) is 0 Å². The number of hydrogen-bond donors (Lipinski definition) is 21. The van der Waals surface area contributed by atoms with E-state index in [0.29, 0.717) is 5.69 Å². The molecule has 21 saturated heterocycles. The Morgan fingerprint density at radius 3 is 0.702 bits per heavy atom. The van der Waals surface area contributed by atoms with E-state index in [-0.39, 0.29) is 13.1 Å². The zero-order valence-corrected chi connectivity index (χ0v) is 44.3. The summed E-state index contributed by atoms with van der Waals surface area (Å²) >= 11 is 0. The van der Waals surface area contributed by atoms with Gasteiger partial charge < -0.3 is 174 Å². The van der Waals surface area contributed by atoms with Crippen molar-refractivity contribution in [3.05, 3.63) is 30.1 Å². The molecule has 482 valence electrons. The van der Waals surface area contributed by atoms with Crippen molar-refractivity contribution in [3.8, 4) is 0 Å². The molecule has 0 radical (unpaired) electrons. The maximum absolute atomic E-state index is 11.8. The largest absolute Gasteiger partial charge is 0.394 e. The van der Waals surface area contributed by atoms with Crippen molar-refractivity contribution in [1.29, 1.82) is 0 Å². The lowest BCUT2D eigenvalue weighted by molar-refractivity contribution is -0.396. The van der Waals surface area contributed by atoms with Gasteiger partial charge in [0.1, 0.15) is 171 Å². The average molecular weight is 1230 g/mol. The van der Waals surface area contributed by atoms with Gasteiger partial charge in [-0.15, -0.1) is 0 Å². The highest BCUT2D eigenvalue weighted by Gasteiger charge is 2.59. The molecule has 0 saturated carbocycles. The van der Waals surface area contributed by atoms with Gasteiger partial charge in [0, 0.05) is 19.3 Å². The van der Waals surface area contributed by atoms with Crippen LogP contribution in [0.15, 0.2) is 24.4 Å². The Morgan fingerprint density at radius 1 is 0.286 bits per heavy atom. The van der Waals surface area contributed by atoms with E-state index < -0.39 is 255 Å². The van der Waals surface area contributed by atoms with Gasteiger partial charge in [0.05, 0.1) is 45.3 Å². The summed E-state index contributed by atoms with van der Waals surface area (Å²) in [4.78, 5) is 4.23. The predicted molar refractivity (Wildman–Crippen MR) is 257 cm³/mol. The second-order valence-corrected chi connectivity index (χ2v) is 21.4. The maximum Gasteiger partial charge on any atom is 0.187 e. The highest BCUT2D eigenvalue weighted by atomic mass is 16.8. The molecular weight excluding hydrogens is 1150 g/mol. The van der Waals surface area contributed by atoms with Crippen LogP contribution < -0.4 is 5.32 Å². The Hall–Kier alpha value is -2.25. The van der Waals surface area contributed by atoms with Crippen LogP contribution in [0.4, 0.5) is 0 Å². The molecule has 35 atom stereocenters. The Kier molecular flexibility index (Phi) is 22.6. The lowest BCUT2D eigenvalue weighted by atomic mass is 9.95. The minimum absolute atomic E-state index is 0.0585. The number of ether oxygens (including phenoxy) is 14. The fourth-order valence-corrected chi connectivity index (χ4v) is 11.3. The summed E-state index contributed by atoms with van der Waals surface area (Å²) in [6.45, 7) is -6.47. The molecule has 0 amide bonds. The summed E-state index contributed by atoms with van der Waals surface area (Å²) in [6.07, 6.45) is -67.9. The predicted octanol–water partition coefficient (Wildman–Crippen LogP) is -14.0. The molecule has 36 heteroatoms. The minimum Gasteiger partial charge on any atom is -0.394 e. The van der Waals surface area contributed by atoms with Gasteiger partial charge in [-0.1, -0.05) is 6.07 Å². The fourth-order valence-electron chi connectivity index (χ4n) is 11.3. The summed E-state index contributed by atoms with van der Waals surface area (Å²) in [6, 6.07) is 5.03. The smallest absolute Gasteiger partial charge is 0.187 e. The van der Waals surface area contributed by atoms with Crippen LogP contribution in [0.5, 0.6) is 0 Å². The van der Waals surface area contributed by atoms with E-state index in [1.807, 2.05) is 0 Å². The molecule has 21 fully saturated rings. The van der Waals surface area contributed by atoms with Gasteiger partial charge in [0.15, 0.2) is 44.0 Å². The lowest BCUT2D eigenvalue weighted by Crippen LogP contribution is -2.68. The van der Waals surface area contributed by atoms with Gasteiger partial charge in [-0.25, -0.2) is 0 Å². The van der Waals surface area contributed by atoms with Crippen molar-refractivity contribution in [2.45, 2.75) is 221 Å². The van der Waals surface area contributed by atoms with E-state index in [2.05, 4.69) is 10.3 Å². The third-order valence-electron chi connectivity index (χ3n) is 16.0. The van der Waals surface area contributed by atoms with Crippen LogP contribution in [0.25, 0.3) is 0 Å². The monoisotopic (exact) mass is 1220 g/mol. The SMILES string of the molecule is OC[C@H]1O[C@@H]2O[C@H]3[C@H](O)[C@@H](O)[C@@H](O[C@H]4[C@H](O)[C@@H](O)[C@@H](O[C@H]5[C@H](O)[C@@H](O)[C@@H](O[C@H]6[C@H](O)[C@@H](O)[C@@H](O[C@H]7[C@H](O)[C@@H](O)[C@@H](O[C@H]8[C@H](O)[C@@H](O)[C@@H](O[C@H]1[C@H](O)[C@H]2O)O[C@@H]8CO)O[C@@H]7CO)O[C@@H]6CO)O[C@@H]5CNCc1ccccn1)O[C@@H]4CO)O[C@@H]3CO. The van der Waals surface area contributed by atoms with Crippen molar-refractivity contribution in [2.24, 2.45) is 0 Å². The normalized spacial score (nSPS) is 51.7. The highest BCUT2D eigenvalue weighted by molar-refractivity contribution is 5.05. The molecule has 0 spiro atoms. The fraction of sp³-hybridized carbons (Fsp3) is 0.896.